The third-order valence-corrected chi connectivity index (χ3v) is 4.26. The molecule has 0 spiro atoms. The first-order valence-corrected chi connectivity index (χ1v) is 6.90. The highest BCUT2D eigenvalue weighted by Crippen LogP contribution is 2.22. The number of hydrogen-bond acceptors (Lipinski definition) is 3. The number of rotatable bonds is 3. The van der Waals surface area contributed by atoms with Gasteiger partial charge in [0.2, 0.25) is 5.91 Å². The molecule has 0 bridgehead atoms. The van der Waals surface area contributed by atoms with E-state index in [1.165, 1.54) is 25.7 Å². The number of amides is 1. The van der Waals surface area contributed by atoms with E-state index in [1.54, 1.807) is 0 Å². The zero-order chi connectivity index (χ0) is 12.3. The Labute approximate surface area is 104 Å². The fourth-order valence-electron chi connectivity index (χ4n) is 2.91. The Balaban J connectivity index is 1.76. The number of piperidine rings is 1. The van der Waals surface area contributed by atoms with Gasteiger partial charge in [0.25, 0.3) is 0 Å². The van der Waals surface area contributed by atoms with Crippen LogP contribution in [0.25, 0.3) is 0 Å². The van der Waals surface area contributed by atoms with Gasteiger partial charge < -0.3 is 10.6 Å². The maximum atomic E-state index is 12.1. The molecule has 0 aromatic rings. The first-order chi connectivity index (χ1) is 8.16. The highest BCUT2D eigenvalue weighted by molar-refractivity contribution is 5.78. The summed E-state index contributed by atoms with van der Waals surface area (Å²) in [4.78, 5) is 16.4. The Bertz CT molecular complexity index is 255. The maximum absolute atomic E-state index is 12.1. The summed E-state index contributed by atoms with van der Waals surface area (Å²) in [5.74, 6) is 0.285. The summed E-state index contributed by atoms with van der Waals surface area (Å²) in [5.41, 5.74) is 5.87. The van der Waals surface area contributed by atoms with E-state index in [0.29, 0.717) is 18.6 Å². The highest BCUT2D eigenvalue weighted by atomic mass is 16.2. The van der Waals surface area contributed by atoms with Crippen LogP contribution >= 0.6 is 0 Å². The van der Waals surface area contributed by atoms with Crippen molar-refractivity contribution in [2.24, 2.45) is 5.73 Å². The average Bonchev–Trinajstić information content (AvgIpc) is 2.84. The Hall–Kier alpha value is -0.610. The molecule has 0 aromatic carbocycles. The van der Waals surface area contributed by atoms with Gasteiger partial charge in [-0.1, -0.05) is 12.8 Å². The molecule has 1 aliphatic carbocycles. The summed E-state index contributed by atoms with van der Waals surface area (Å²) in [5, 5.41) is 0. The van der Waals surface area contributed by atoms with Crippen LogP contribution in [0.15, 0.2) is 0 Å². The van der Waals surface area contributed by atoms with Gasteiger partial charge in [-0.25, -0.2) is 0 Å². The van der Waals surface area contributed by atoms with Gasteiger partial charge in [-0.3, -0.25) is 9.69 Å². The second kappa shape index (κ2) is 5.83. The van der Waals surface area contributed by atoms with Gasteiger partial charge in [0.1, 0.15) is 0 Å². The van der Waals surface area contributed by atoms with Crippen LogP contribution in [0.1, 0.15) is 38.5 Å². The highest BCUT2D eigenvalue weighted by Gasteiger charge is 2.25. The summed E-state index contributed by atoms with van der Waals surface area (Å²) < 4.78 is 0. The minimum Gasteiger partial charge on any atom is -0.342 e. The largest absolute Gasteiger partial charge is 0.342 e. The lowest BCUT2D eigenvalue weighted by Gasteiger charge is -2.32. The first-order valence-electron chi connectivity index (χ1n) is 6.90. The number of likely N-dealkylation sites (N-methyl/N-ethyl adjacent to an activating group) is 1. The summed E-state index contributed by atoms with van der Waals surface area (Å²) in [7, 11) is 1.97. The third-order valence-electron chi connectivity index (χ3n) is 4.26. The molecule has 0 unspecified atom stereocenters. The molecule has 1 saturated heterocycles. The van der Waals surface area contributed by atoms with E-state index >= 15 is 0 Å². The molecule has 1 heterocycles. The average molecular weight is 239 g/mol. The first kappa shape index (κ1) is 12.8. The van der Waals surface area contributed by atoms with Crippen molar-refractivity contribution in [3.63, 3.8) is 0 Å². The summed E-state index contributed by atoms with van der Waals surface area (Å²) in [6.45, 7) is 2.54. The molecule has 0 aromatic heterocycles. The summed E-state index contributed by atoms with van der Waals surface area (Å²) in [6.07, 6.45) is 6.99. The molecule has 1 saturated carbocycles. The van der Waals surface area contributed by atoms with Gasteiger partial charge in [-0.05, 0) is 25.7 Å². The number of carbonyl (C=O) groups is 1. The number of carbonyl (C=O) groups excluding carboxylic acids is 1. The van der Waals surface area contributed by atoms with Gasteiger partial charge in [0.15, 0.2) is 0 Å². The summed E-state index contributed by atoms with van der Waals surface area (Å²) >= 11 is 0. The van der Waals surface area contributed by atoms with E-state index in [2.05, 4.69) is 4.90 Å². The van der Waals surface area contributed by atoms with Gasteiger partial charge in [-0.15, -0.1) is 0 Å². The van der Waals surface area contributed by atoms with Gasteiger partial charge in [0.05, 0.1) is 6.54 Å². The van der Waals surface area contributed by atoms with Gasteiger partial charge in [0, 0.05) is 32.2 Å². The van der Waals surface area contributed by atoms with Crippen molar-refractivity contribution in [1.29, 1.82) is 0 Å². The van der Waals surface area contributed by atoms with E-state index in [-0.39, 0.29) is 5.91 Å². The van der Waals surface area contributed by atoms with Crippen LogP contribution in [0, 0.1) is 0 Å². The molecule has 0 radical (unpaired) electrons. The normalized spacial score (nSPS) is 24.1. The third kappa shape index (κ3) is 3.42. The molecule has 0 atom stereocenters. The Morgan fingerprint density at radius 2 is 1.82 bits per heavy atom. The molecular weight excluding hydrogens is 214 g/mol. The fourth-order valence-corrected chi connectivity index (χ4v) is 2.91. The standard InChI is InChI=1S/C13H25N3O/c1-15(12-4-2-3-5-12)13(17)10-16-8-6-11(14)7-9-16/h11-12H,2-10,14H2,1H3. The van der Waals surface area contributed by atoms with E-state index < -0.39 is 0 Å². The Morgan fingerprint density at radius 3 is 2.41 bits per heavy atom. The molecule has 2 fully saturated rings. The van der Waals surface area contributed by atoms with Crippen molar-refractivity contribution in [2.75, 3.05) is 26.7 Å². The summed E-state index contributed by atoms with van der Waals surface area (Å²) in [6, 6.07) is 0.837. The maximum Gasteiger partial charge on any atom is 0.236 e. The lowest BCUT2D eigenvalue weighted by Crippen LogP contribution is -2.46. The SMILES string of the molecule is CN(C(=O)CN1CCC(N)CC1)C1CCCC1. The van der Waals surface area contributed by atoms with Crippen LogP contribution in [0.5, 0.6) is 0 Å². The van der Waals surface area contributed by atoms with Crippen LogP contribution in [0.3, 0.4) is 0 Å². The zero-order valence-corrected chi connectivity index (χ0v) is 10.9. The minimum atomic E-state index is 0.285. The van der Waals surface area contributed by atoms with Gasteiger partial charge >= 0.3 is 0 Å². The topological polar surface area (TPSA) is 49.6 Å². The minimum absolute atomic E-state index is 0.285. The number of hydrogen-bond donors (Lipinski definition) is 1. The van der Waals surface area contributed by atoms with Crippen LogP contribution in [-0.2, 0) is 4.79 Å². The molecule has 2 aliphatic rings. The molecule has 4 nitrogen and oxygen atoms in total. The quantitative estimate of drug-likeness (QED) is 0.793. The van der Waals surface area contributed by atoms with Crippen molar-refractivity contribution in [2.45, 2.75) is 50.6 Å². The van der Waals surface area contributed by atoms with Crippen molar-refractivity contribution < 1.29 is 4.79 Å². The molecule has 2 rings (SSSR count). The van der Waals surface area contributed by atoms with Crippen molar-refractivity contribution >= 4 is 5.91 Å². The van der Waals surface area contributed by atoms with Crippen LogP contribution in [0.4, 0.5) is 0 Å². The molecule has 1 amide bonds. The van der Waals surface area contributed by atoms with Crippen LogP contribution in [0.2, 0.25) is 0 Å². The molecular formula is C13H25N3O. The van der Waals surface area contributed by atoms with Crippen molar-refractivity contribution in [3.05, 3.63) is 0 Å². The lowest BCUT2D eigenvalue weighted by molar-refractivity contribution is -0.133. The van der Waals surface area contributed by atoms with Crippen LogP contribution in [-0.4, -0.2) is 54.5 Å². The lowest BCUT2D eigenvalue weighted by atomic mass is 10.1. The van der Waals surface area contributed by atoms with E-state index in [0.717, 1.165) is 25.9 Å². The van der Waals surface area contributed by atoms with Crippen molar-refractivity contribution in [1.82, 2.24) is 9.80 Å². The predicted molar refractivity (Wildman–Crippen MR) is 68.7 cm³/mol. The second-order valence-corrected chi connectivity index (χ2v) is 5.56. The Kier molecular flexibility index (Phi) is 4.40. The number of likely N-dealkylation sites (tertiary alicyclic amines) is 1. The molecule has 4 heteroatoms. The van der Waals surface area contributed by atoms with Crippen LogP contribution < -0.4 is 5.73 Å². The van der Waals surface area contributed by atoms with E-state index in [1.807, 2.05) is 11.9 Å². The van der Waals surface area contributed by atoms with E-state index in [4.69, 9.17) is 5.73 Å². The molecule has 17 heavy (non-hydrogen) atoms. The number of nitrogens with zero attached hydrogens (tertiary/aromatic N) is 2. The molecule has 98 valence electrons. The second-order valence-electron chi connectivity index (χ2n) is 5.56. The predicted octanol–water partition coefficient (Wildman–Crippen LogP) is 0.811. The number of nitrogens with two attached hydrogens (primary N) is 1. The van der Waals surface area contributed by atoms with Crippen molar-refractivity contribution in [3.8, 4) is 0 Å². The van der Waals surface area contributed by atoms with Gasteiger partial charge in [-0.2, -0.15) is 0 Å². The monoisotopic (exact) mass is 239 g/mol. The fraction of sp³-hybridized carbons (Fsp3) is 0.923. The Morgan fingerprint density at radius 1 is 1.24 bits per heavy atom. The smallest absolute Gasteiger partial charge is 0.236 e. The molecule has 2 N–H and O–H groups in total. The van der Waals surface area contributed by atoms with E-state index in [9.17, 15) is 4.79 Å². The molecule has 1 aliphatic heterocycles. The zero-order valence-electron chi connectivity index (χ0n) is 10.9.